The van der Waals surface area contributed by atoms with Gasteiger partial charge in [0.2, 0.25) is 17.7 Å². The highest BCUT2D eigenvalue weighted by atomic mass is 16.8. The Bertz CT molecular complexity index is 3120. The molecule has 54 nitrogen and oxygen atoms in total. The van der Waals surface area contributed by atoms with Crippen molar-refractivity contribution in [1.82, 2.24) is 16.0 Å². The van der Waals surface area contributed by atoms with Crippen LogP contribution in [0.5, 0.6) is 0 Å². The van der Waals surface area contributed by atoms with Gasteiger partial charge in [0.1, 0.15) is 244 Å². The van der Waals surface area contributed by atoms with Gasteiger partial charge in [0, 0.05) is 20.8 Å². The number of amides is 3. The van der Waals surface area contributed by atoms with Crippen LogP contribution in [0, 0.1) is 0 Å². The molecule has 120 heavy (non-hydrogen) atoms. The maximum Gasteiger partial charge on any atom is 0.217 e. The molecule has 9 fully saturated rings. The van der Waals surface area contributed by atoms with E-state index in [1.165, 1.54) is 0 Å². The molecular weight excluding hydrogens is 1650 g/mol. The summed E-state index contributed by atoms with van der Waals surface area (Å²) in [6.45, 7) is -9.61. The molecule has 9 aliphatic heterocycles. The second-order valence-corrected chi connectivity index (χ2v) is 30.0. The summed E-state index contributed by atoms with van der Waals surface area (Å²) >= 11 is 0. The van der Waals surface area contributed by atoms with Crippen molar-refractivity contribution >= 4 is 17.7 Å². The molecule has 9 aliphatic rings. The van der Waals surface area contributed by atoms with Crippen LogP contribution in [0.15, 0.2) is 0 Å². The first-order valence-corrected chi connectivity index (χ1v) is 38.1. The first kappa shape index (κ1) is 100. The molecule has 0 aliphatic carbocycles. The van der Waals surface area contributed by atoms with Crippen LogP contribution in [-0.4, -0.2) is 544 Å². The molecule has 698 valence electrons. The van der Waals surface area contributed by atoms with Crippen molar-refractivity contribution in [3.8, 4) is 0 Å². The maximum atomic E-state index is 13.1. The Hall–Kier alpha value is -3.51. The summed E-state index contributed by atoms with van der Waals surface area (Å²) in [4.78, 5) is 39.0. The lowest BCUT2D eigenvalue weighted by molar-refractivity contribution is -0.387. The van der Waals surface area contributed by atoms with Crippen LogP contribution < -0.4 is 16.0 Å². The minimum Gasteiger partial charge on any atom is -0.394 e. The molecule has 0 aromatic heterocycles. The standard InChI is InChI=1S/C66H113N3O51/c1-15(80)67-29-39(92)51(114-63-46(99)54(35(88)22(8-74)106-63)117-59-30(68-16(2)81)40(93)52(26(12-78)110-59)115-64-47(100)55(36(89)23(9-75)107-64)119-61-44(97)42(95)33(86)20(6-72)104-61)25(11-77)109-58(29)103-14-28-38(91)57(49(102)66(112-28)113-50(19(84)5-71)32(85)18(83)4-70)118-60-31(69-17(3)82)41(94)53(27(13-79)111-60)116-65-48(101)56(37(90)24(10-76)108-65)120-62-45(98)43(96)34(87)21(7-73)105-62/h18-66,70-79,83-102H,4-14H2,1-3H3,(H,67,80)(H,68,81)(H,69,82)/t18-,19+,20+,21+,22+,23+,24+,25+,26+,27+,28+,29+,30+,31+,32+,33-,34-,35-,36-,37-,38-,39+,40+,41+,42-,43-,44+,45+,46+,47+,48+,49+,50+,51+,52+,53+,54-,55-,56-,57-,58+,59-,60-,61+,62+,63-,64-,65-,66-/m0/s1. The average Bonchev–Trinajstić information content (AvgIpc) is 0.765. The van der Waals surface area contributed by atoms with Crippen LogP contribution in [-0.2, 0) is 99.6 Å². The zero-order chi connectivity index (χ0) is 88.6. The molecule has 0 radical (unpaired) electrons. The zero-order valence-electron chi connectivity index (χ0n) is 64.1. The van der Waals surface area contributed by atoms with E-state index in [1.807, 2.05) is 0 Å². The summed E-state index contributed by atoms with van der Waals surface area (Å²) in [6.07, 6.45) is -96.2. The second kappa shape index (κ2) is 44.5. The van der Waals surface area contributed by atoms with E-state index in [9.17, 15) is 168 Å². The summed E-state index contributed by atoms with van der Waals surface area (Å²) < 4.78 is 105. The Kier molecular flexibility index (Phi) is 37.2. The van der Waals surface area contributed by atoms with Gasteiger partial charge in [-0.15, -0.1) is 0 Å². The molecule has 49 atom stereocenters. The minimum absolute atomic E-state index is 0.903. The summed E-state index contributed by atoms with van der Waals surface area (Å²) in [6, 6.07) is -5.90. The molecule has 9 heterocycles. The average molecular weight is 1760 g/mol. The molecule has 3 amide bonds. The predicted molar refractivity (Wildman–Crippen MR) is 367 cm³/mol. The molecule has 54 heteroatoms. The number of aliphatic hydroxyl groups is 30. The summed E-state index contributed by atoms with van der Waals surface area (Å²) in [7, 11) is 0. The Morgan fingerprint density at radius 3 is 0.808 bits per heavy atom. The molecule has 0 saturated carbocycles. The number of carbonyl (C=O) groups is 3. The van der Waals surface area contributed by atoms with Crippen LogP contribution in [0.3, 0.4) is 0 Å². The molecule has 33 N–H and O–H groups in total. The highest BCUT2D eigenvalue weighted by molar-refractivity contribution is 5.74. The van der Waals surface area contributed by atoms with E-state index in [2.05, 4.69) is 16.0 Å². The second-order valence-electron chi connectivity index (χ2n) is 30.0. The molecule has 0 aromatic rings. The van der Waals surface area contributed by atoms with Gasteiger partial charge in [-0.05, 0) is 0 Å². The lowest BCUT2D eigenvalue weighted by Gasteiger charge is -2.51. The van der Waals surface area contributed by atoms with E-state index in [0.29, 0.717) is 0 Å². The molecule has 0 aromatic carbocycles. The fourth-order valence-corrected chi connectivity index (χ4v) is 15.2. The van der Waals surface area contributed by atoms with Gasteiger partial charge in [-0.3, -0.25) is 14.4 Å². The summed E-state index contributed by atoms with van der Waals surface area (Å²) in [5, 5.41) is 335. The smallest absolute Gasteiger partial charge is 0.217 e. The largest absolute Gasteiger partial charge is 0.394 e. The maximum absolute atomic E-state index is 13.1. The Balaban J connectivity index is 0.932. The lowest BCUT2D eigenvalue weighted by Crippen LogP contribution is -2.70. The quantitative estimate of drug-likeness (QED) is 0.0280. The normalized spacial score (nSPS) is 47.6. The Labute approximate surface area is 678 Å². The fourth-order valence-electron chi connectivity index (χ4n) is 15.2. The molecule has 0 bridgehead atoms. The fraction of sp³-hybridized carbons (Fsp3) is 0.955. The van der Waals surface area contributed by atoms with Gasteiger partial charge >= 0.3 is 0 Å². The van der Waals surface area contributed by atoms with Crippen LogP contribution in [0.2, 0.25) is 0 Å². The van der Waals surface area contributed by atoms with Gasteiger partial charge in [-0.1, -0.05) is 0 Å². The number of hydrogen-bond donors (Lipinski definition) is 33. The summed E-state index contributed by atoms with van der Waals surface area (Å²) in [5.41, 5.74) is 0. The number of ether oxygens (including phenoxy) is 18. The molecule has 0 spiro atoms. The van der Waals surface area contributed by atoms with Gasteiger partial charge in [0.25, 0.3) is 0 Å². The van der Waals surface area contributed by atoms with Crippen LogP contribution in [0.1, 0.15) is 20.8 Å². The van der Waals surface area contributed by atoms with E-state index in [-0.39, 0.29) is 0 Å². The number of carbonyl (C=O) groups excluding carboxylic acids is 3. The monoisotopic (exact) mass is 1760 g/mol. The molecular formula is C66H113N3O51. The van der Waals surface area contributed by atoms with Crippen LogP contribution in [0.25, 0.3) is 0 Å². The predicted octanol–water partition coefficient (Wildman–Crippen LogP) is -22.7. The van der Waals surface area contributed by atoms with Gasteiger partial charge in [0.15, 0.2) is 56.6 Å². The lowest BCUT2D eigenvalue weighted by atomic mass is 9.94. The van der Waals surface area contributed by atoms with E-state index < -0.39 is 391 Å². The zero-order valence-corrected chi connectivity index (χ0v) is 64.1. The van der Waals surface area contributed by atoms with Crippen molar-refractivity contribution in [2.24, 2.45) is 0 Å². The third-order valence-electron chi connectivity index (χ3n) is 21.7. The Morgan fingerprint density at radius 2 is 0.508 bits per heavy atom. The number of hydrogen-bond acceptors (Lipinski definition) is 51. The van der Waals surface area contributed by atoms with E-state index >= 15 is 0 Å². The minimum atomic E-state index is -2.50. The van der Waals surface area contributed by atoms with Gasteiger partial charge in [-0.25, -0.2) is 0 Å². The van der Waals surface area contributed by atoms with E-state index in [1.54, 1.807) is 0 Å². The third-order valence-corrected chi connectivity index (χ3v) is 21.7. The van der Waals surface area contributed by atoms with Gasteiger partial charge < -0.3 is 254 Å². The van der Waals surface area contributed by atoms with Crippen molar-refractivity contribution in [1.29, 1.82) is 0 Å². The molecule has 0 unspecified atom stereocenters. The molecule has 9 saturated heterocycles. The van der Waals surface area contributed by atoms with Crippen LogP contribution in [0.4, 0.5) is 0 Å². The van der Waals surface area contributed by atoms with Crippen molar-refractivity contribution in [3.05, 3.63) is 0 Å². The van der Waals surface area contributed by atoms with Crippen molar-refractivity contribution in [3.63, 3.8) is 0 Å². The number of nitrogens with one attached hydrogen (secondary N) is 3. The third kappa shape index (κ3) is 22.2. The van der Waals surface area contributed by atoms with Crippen molar-refractivity contribution in [2.45, 2.75) is 321 Å². The van der Waals surface area contributed by atoms with Crippen molar-refractivity contribution < 1.29 is 253 Å². The van der Waals surface area contributed by atoms with Crippen LogP contribution >= 0.6 is 0 Å². The Morgan fingerprint density at radius 1 is 0.267 bits per heavy atom. The number of aliphatic hydroxyl groups excluding tert-OH is 30. The first-order chi connectivity index (χ1) is 56.8. The molecule has 9 rings (SSSR count). The number of rotatable bonds is 35. The highest BCUT2D eigenvalue weighted by Gasteiger charge is 2.61. The summed E-state index contributed by atoms with van der Waals surface area (Å²) in [5.74, 6) is -2.92. The van der Waals surface area contributed by atoms with Gasteiger partial charge in [0.05, 0.1) is 72.7 Å². The first-order valence-electron chi connectivity index (χ1n) is 38.1. The van der Waals surface area contributed by atoms with Gasteiger partial charge in [-0.2, -0.15) is 0 Å². The topological polar surface area (TPSA) is 860 Å². The highest BCUT2D eigenvalue weighted by Crippen LogP contribution is 2.40. The van der Waals surface area contributed by atoms with E-state index in [0.717, 1.165) is 20.8 Å². The van der Waals surface area contributed by atoms with Crippen molar-refractivity contribution in [2.75, 3.05) is 72.7 Å². The van der Waals surface area contributed by atoms with E-state index in [4.69, 9.17) is 85.3 Å². The SMILES string of the molecule is CC(=O)N[C@H]1[C@H](OC[C@H]2O[C@@H](O[C@@H]([C@H](O)[C@@H](O)CO)[C@H](O)CO)[C@H](O)[C@@H](O[C@@H]3O[C@H](CO)[C@@H](O[C@@H]4O[C@H](CO)[C@H](O)[C@H](O[C@H]5O[C@H](CO)[C@H](O)[C@H](O)[C@H]5O)[C@H]4O)[C@H](O)[C@H]3NC(C)=O)[C@H]2O)O[C@H](CO)[C@@H](O[C@@H]2O[C@H](CO)[C@H](O)[C@H](O[C@@H]3O[C@H](CO)[C@@H](O[C@@H]4O[C@H](CO)[C@H](O)[C@H](O[C@H]5O[C@H](CO)[C@H](O)[C@H](O)[C@H]5O)[C@H]4O)[C@H](O)[C@H]3NC(C)=O)[C@H]2O)[C@@H]1O.